The number of rotatable bonds is 14. The molecule has 6 rings (SSSR count). The van der Waals surface area contributed by atoms with Gasteiger partial charge in [0, 0.05) is 48.5 Å². The minimum Gasteiger partial charge on any atom is -0.448 e. The number of hydrogen-bond acceptors (Lipinski definition) is 11. The number of hydrogen-bond donors (Lipinski definition) is 2. The molecule has 2 N–H and O–H groups in total. The number of sulfonamides is 1. The number of carbonyl (C=O) groups is 2. The number of aliphatic hydroxyl groups is 1. The summed E-state index contributed by atoms with van der Waals surface area (Å²) in [5, 5.41) is 17.7. The van der Waals surface area contributed by atoms with Crippen LogP contribution in [0.3, 0.4) is 0 Å². The van der Waals surface area contributed by atoms with Crippen molar-refractivity contribution in [3.63, 3.8) is 0 Å². The Morgan fingerprint density at radius 3 is 2.20 bits per heavy atom. The van der Waals surface area contributed by atoms with E-state index in [2.05, 4.69) is 32.3 Å². The molecule has 2 amide bonds. The molecule has 0 aliphatic heterocycles. The maximum atomic E-state index is 15.4. The molecule has 1 aliphatic carbocycles. The minimum absolute atomic E-state index is 0.0847. The summed E-state index contributed by atoms with van der Waals surface area (Å²) in [6.07, 6.45) is -12.7. The molecule has 0 fully saturated rings. The first-order valence-corrected chi connectivity index (χ1v) is 24.8. The second-order valence-corrected chi connectivity index (χ2v) is 21.8. The number of nitrogens with one attached hydrogen (secondary N) is 1. The van der Waals surface area contributed by atoms with Gasteiger partial charge in [-0.25, -0.2) is 35.4 Å². The summed E-state index contributed by atoms with van der Waals surface area (Å²) >= 11 is 6.58. The number of benzene rings is 2. The first-order valence-electron chi connectivity index (χ1n) is 20.7. The standard InChI is InChI=1S/C43H40ClF10N7O8S2/c1-22-19-41(47,48)37-32(22)36(43(52,53)54)57-59(37)20-31(63)56-30(17-23-15-24(45)18-25(46)16-23)34-27(8-7-26(55-34)11-12-40(2,3)70(4,65)66)28-9-10-29(44)33-35(28)60(21-42(49,50)51)58-38(33)61(71(5,67)68)39(64)69-14-6-13-62/h7-10,15-16,18,22,30,62H,6,13-14,17,19-21H2,1-5H3,(H,56,63)/t22-,30-/m0/s1. The van der Waals surface area contributed by atoms with Gasteiger partial charge in [0.1, 0.15) is 40.9 Å². The lowest BCUT2D eigenvalue weighted by atomic mass is 9.93. The maximum absolute atomic E-state index is 15.4. The zero-order valence-corrected chi connectivity index (χ0v) is 40.0. The van der Waals surface area contributed by atoms with E-state index in [0.717, 1.165) is 49.6 Å². The third kappa shape index (κ3) is 11.9. The molecule has 1 aliphatic rings. The van der Waals surface area contributed by atoms with E-state index in [1.165, 1.54) is 13.8 Å². The van der Waals surface area contributed by atoms with Crippen LogP contribution in [0.1, 0.15) is 79.5 Å². The molecule has 3 heterocycles. The highest BCUT2D eigenvalue weighted by atomic mass is 35.5. The molecule has 2 atom stereocenters. The van der Waals surface area contributed by atoms with Crippen molar-refractivity contribution >= 4 is 60.2 Å². The lowest BCUT2D eigenvalue weighted by molar-refractivity contribution is -0.143. The zero-order chi connectivity index (χ0) is 53.0. The number of fused-ring (bicyclic) bond motifs is 2. The predicted octanol–water partition coefficient (Wildman–Crippen LogP) is 7.97. The SMILES string of the molecule is C[C@H]1CC(F)(F)c2c1c(C(F)(F)F)nn2CC(=O)N[C@@H](Cc1cc(F)cc(F)c1)c1nc(C#CC(C)(C)S(C)(=O)=O)ccc1-c1ccc(Cl)c2c(N(C(=O)OCCCO)S(C)(=O)=O)nn(CC(F)(F)F)c12. The number of carbonyl (C=O) groups excluding carboxylic acids is 2. The summed E-state index contributed by atoms with van der Waals surface area (Å²) in [4.78, 5) is 32.0. The van der Waals surface area contributed by atoms with Crippen LogP contribution in [-0.2, 0) is 61.0 Å². The third-order valence-electron chi connectivity index (χ3n) is 11.0. The molecule has 5 aromatic rings. The number of nitrogens with zero attached hydrogens (tertiary/aromatic N) is 6. The average Bonchev–Trinajstić information content (AvgIpc) is 3.85. The second-order valence-electron chi connectivity index (χ2n) is 17.0. The van der Waals surface area contributed by atoms with Gasteiger partial charge in [0.05, 0.1) is 40.5 Å². The van der Waals surface area contributed by atoms with Gasteiger partial charge in [-0.05, 0) is 68.0 Å². The zero-order valence-electron chi connectivity index (χ0n) is 37.6. The molecule has 71 heavy (non-hydrogen) atoms. The van der Waals surface area contributed by atoms with E-state index in [9.17, 15) is 66.7 Å². The van der Waals surface area contributed by atoms with Crippen molar-refractivity contribution in [2.75, 3.05) is 30.0 Å². The summed E-state index contributed by atoms with van der Waals surface area (Å²) in [5.41, 5.74) is -6.18. The van der Waals surface area contributed by atoms with Gasteiger partial charge in [0.2, 0.25) is 15.9 Å². The van der Waals surface area contributed by atoms with Crippen LogP contribution in [-0.4, -0.2) is 95.1 Å². The number of aromatic nitrogens is 5. The first kappa shape index (κ1) is 54.4. The monoisotopic (exact) mass is 1070 g/mol. The number of amides is 2. The van der Waals surface area contributed by atoms with Crippen molar-refractivity contribution in [3.05, 3.63) is 93.0 Å². The highest BCUT2D eigenvalue weighted by Crippen LogP contribution is 2.52. The Bertz CT molecular complexity index is 3200. The lowest BCUT2D eigenvalue weighted by Crippen LogP contribution is -2.37. The number of anilines is 1. The normalized spacial score (nSPS) is 15.5. The molecule has 0 unspecified atom stereocenters. The van der Waals surface area contributed by atoms with Crippen molar-refractivity contribution in [2.24, 2.45) is 0 Å². The van der Waals surface area contributed by atoms with E-state index in [-0.39, 0.29) is 42.5 Å². The van der Waals surface area contributed by atoms with Gasteiger partial charge in [-0.3, -0.25) is 14.2 Å². The fourth-order valence-corrected chi connectivity index (χ4v) is 8.94. The van der Waals surface area contributed by atoms with E-state index in [0.29, 0.717) is 12.3 Å². The van der Waals surface area contributed by atoms with Crippen LogP contribution in [0.25, 0.3) is 22.0 Å². The topological polar surface area (TPSA) is 196 Å². The van der Waals surface area contributed by atoms with Gasteiger partial charge in [-0.1, -0.05) is 30.5 Å². The molecule has 2 aromatic carbocycles. The molecule has 15 nitrogen and oxygen atoms in total. The molecular formula is C43H40ClF10N7O8S2. The van der Waals surface area contributed by atoms with Gasteiger partial charge >= 0.3 is 18.4 Å². The molecule has 3 aromatic heterocycles. The lowest BCUT2D eigenvalue weighted by Gasteiger charge is -2.23. The summed E-state index contributed by atoms with van der Waals surface area (Å²) < 4.78 is 201. The Balaban J connectivity index is 1.66. The van der Waals surface area contributed by atoms with E-state index in [1.807, 2.05) is 0 Å². The van der Waals surface area contributed by atoms with Crippen LogP contribution in [0.5, 0.6) is 0 Å². The van der Waals surface area contributed by atoms with Crippen LogP contribution in [0.4, 0.5) is 54.5 Å². The Hall–Kier alpha value is -5.98. The fraction of sp³-hybridized carbons (Fsp3) is 0.419. The van der Waals surface area contributed by atoms with E-state index in [1.54, 1.807) is 0 Å². The fourth-order valence-electron chi connectivity index (χ4n) is 7.70. The predicted molar refractivity (Wildman–Crippen MR) is 235 cm³/mol. The van der Waals surface area contributed by atoms with Gasteiger partial charge in [0.15, 0.2) is 21.3 Å². The summed E-state index contributed by atoms with van der Waals surface area (Å²) in [6, 6.07) is 4.64. The average molecular weight is 1070 g/mol. The van der Waals surface area contributed by atoms with Crippen LogP contribution >= 0.6 is 11.6 Å². The van der Waals surface area contributed by atoms with E-state index < -0.39 is 162 Å². The van der Waals surface area contributed by atoms with Crippen molar-refractivity contribution in [2.45, 2.75) is 88.1 Å². The third-order valence-corrected chi connectivity index (χ3v) is 14.2. The van der Waals surface area contributed by atoms with Crippen molar-refractivity contribution in [1.82, 2.24) is 29.9 Å². The Morgan fingerprint density at radius 2 is 1.62 bits per heavy atom. The number of ether oxygens (including phenoxy) is 1. The molecule has 0 radical (unpaired) electrons. The number of sulfone groups is 1. The maximum Gasteiger partial charge on any atom is 0.435 e. The van der Waals surface area contributed by atoms with Crippen molar-refractivity contribution < 1.29 is 80.2 Å². The minimum atomic E-state index is -5.25. The molecule has 0 saturated carbocycles. The van der Waals surface area contributed by atoms with Crippen LogP contribution in [0.2, 0.25) is 5.02 Å². The number of aliphatic hydroxyl groups excluding tert-OH is 1. The van der Waals surface area contributed by atoms with Crippen LogP contribution < -0.4 is 9.62 Å². The van der Waals surface area contributed by atoms with Crippen molar-refractivity contribution in [3.8, 4) is 23.0 Å². The molecule has 0 spiro atoms. The van der Waals surface area contributed by atoms with Crippen molar-refractivity contribution in [1.29, 1.82) is 0 Å². The number of alkyl halides is 8. The Labute approximate surface area is 403 Å². The van der Waals surface area contributed by atoms with Gasteiger partial charge in [0.25, 0.3) is 5.92 Å². The first-order chi connectivity index (χ1) is 32.6. The van der Waals surface area contributed by atoms with Crippen LogP contribution in [0, 0.1) is 23.5 Å². The largest absolute Gasteiger partial charge is 0.448 e. The second kappa shape index (κ2) is 19.6. The number of halogens is 11. The van der Waals surface area contributed by atoms with E-state index >= 15 is 8.78 Å². The summed E-state index contributed by atoms with van der Waals surface area (Å²) in [6.45, 7) is -0.845. The van der Waals surface area contributed by atoms with Gasteiger partial charge < -0.3 is 15.2 Å². The Morgan fingerprint density at radius 1 is 0.986 bits per heavy atom. The van der Waals surface area contributed by atoms with Crippen LogP contribution in [0.15, 0.2) is 42.5 Å². The highest BCUT2D eigenvalue weighted by Gasteiger charge is 2.53. The molecule has 384 valence electrons. The molecule has 0 bridgehead atoms. The number of pyridine rings is 1. The van der Waals surface area contributed by atoms with Gasteiger partial charge in [-0.15, -0.1) is 0 Å². The molecule has 0 saturated heterocycles. The quantitative estimate of drug-likeness (QED) is 0.0622. The molecular weight excluding hydrogens is 1030 g/mol. The summed E-state index contributed by atoms with van der Waals surface area (Å²) in [5.74, 6) is -4.89. The van der Waals surface area contributed by atoms with E-state index in [4.69, 9.17) is 16.3 Å². The van der Waals surface area contributed by atoms with Gasteiger partial charge in [-0.2, -0.15) is 49.6 Å². The highest BCUT2D eigenvalue weighted by molar-refractivity contribution is 7.93. The smallest absolute Gasteiger partial charge is 0.435 e. The Kier molecular flexibility index (Phi) is 15.0. The molecule has 28 heteroatoms. The summed E-state index contributed by atoms with van der Waals surface area (Å²) in [7, 11) is -8.76.